The van der Waals surface area contributed by atoms with Crippen molar-refractivity contribution in [3.63, 3.8) is 0 Å². The molecule has 7 nitrogen and oxygen atoms in total. The van der Waals surface area contributed by atoms with Gasteiger partial charge >= 0.3 is 0 Å². The topological polar surface area (TPSA) is 90.0 Å². The Morgan fingerprint density at radius 2 is 1.72 bits per heavy atom. The summed E-state index contributed by atoms with van der Waals surface area (Å²) in [4.78, 5) is 0.0560. The van der Waals surface area contributed by atoms with E-state index in [9.17, 15) is 12.8 Å². The molecule has 0 spiro atoms. The first-order valence-electron chi connectivity index (χ1n) is 7.45. The molecule has 1 N–H and O–H groups in total. The molecule has 0 saturated carbocycles. The second-order valence-corrected chi connectivity index (χ2v) is 7.29. The minimum Gasteiger partial charge on any atom is -0.421 e. The first-order valence-corrected chi connectivity index (χ1v) is 8.93. The molecule has 3 rings (SSSR count). The van der Waals surface area contributed by atoms with Crippen molar-refractivity contribution in [1.82, 2.24) is 14.8 Å². The molecule has 1 aromatic carbocycles. The van der Waals surface area contributed by atoms with Crippen molar-refractivity contribution in [2.75, 3.05) is 4.72 Å². The maximum absolute atomic E-state index is 13.0. The summed E-state index contributed by atoms with van der Waals surface area (Å²) in [5, 5.41) is 7.73. The highest BCUT2D eigenvalue weighted by molar-refractivity contribution is 7.93. The van der Waals surface area contributed by atoms with Crippen molar-refractivity contribution in [1.29, 1.82) is 0 Å². The van der Waals surface area contributed by atoms with E-state index in [2.05, 4.69) is 14.9 Å². The third-order valence-corrected chi connectivity index (χ3v) is 5.57. The number of nitrogens with one attached hydrogen (secondary N) is 1. The van der Waals surface area contributed by atoms with Crippen LogP contribution in [0.25, 0.3) is 11.5 Å². The number of aryl methyl sites for hydroxylation is 1. The van der Waals surface area contributed by atoms with E-state index < -0.39 is 15.8 Å². The van der Waals surface area contributed by atoms with Crippen LogP contribution in [0.2, 0.25) is 0 Å². The fourth-order valence-corrected chi connectivity index (χ4v) is 4.20. The zero-order valence-corrected chi connectivity index (χ0v) is 15.0. The first-order chi connectivity index (χ1) is 11.7. The van der Waals surface area contributed by atoms with Gasteiger partial charge in [0, 0.05) is 31.0 Å². The molecule has 0 fully saturated rings. The van der Waals surface area contributed by atoms with E-state index in [-0.39, 0.29) is 16.5 Å². The van der Waals surface area contributed by atoms with Crippen molar-refractivity contribution < 1.29 is 17.2 Å². The molecule has 0 aliphatic heterocycles. The Hall–Kier alpha value is -2.68. The van der Waals surface area contributed by atoms with Gasteiger partial charge in [-0.25, -0.2) is 12.8 Å². The molecule has 0 unspecified atom stereocenters. The highest BCUT2D eigenvalue weighted by Crippen LogP contribution is 2.35. The van der Waals surface area contributed by atoms with E-state index in [4.69, 9.17) is 4.42 Å². The van der Waals surface area contributed by atoms with E-state index in [1.807, 2.05) is 0 Å². The lowest BCUT2D eigenvalue weighted by Gasteiger charge is -2.09. The fourth-order valence-electron chi connectivity index (χ4n) is 2.62. The van der Waals surface area contributed by atoms with Gasteiger partial charge in [-0.1, -0.05) is 0 Å². The summed E-state index contributed by atoms with van der Waals surface area (Å²) < 4.78 is 48.6. The molecule has 0 saturated heterocycles. The highest BCUT2D eigenvalue weighted by Gasteiger charge is 2.30. The van der Waals surface area contributed by atoms with Crippen LogP contribution < -0.4 is 4.72 Å². The van der Waals surface area contributed by atoms with Crippen LogP contribution in [-0.2, 0) is 17.1 Å². The van der Waals surface area contributed by atoms with E-state index in [1.165, 1.54) is 24.3 Å². The smallest absolute Gasteiger partial charge is 0.264 e. The molecule has 0 amide bonds. The van der Waals surface area contributed by atoms with Gasteiger partial charge in [0.2, 0.25) is 5.89 Å². The molecule has 0 bridgehead atoms. The molecule has 2 heterocycles. The lowest BCUT2D eigenvalue weighted by molar-refractivity contribution is 0.530. The Kier molecular flexibility index (Phi) is 4.11. The van der Waals surface area contributed by atoms with Gasteiger partial charge in [0.05, 0.1) is 5.56 Å². The molecule has 0 atom stereocenters. The van der Waals surface area contributed by atoms with Crippen LogP contribution >= 0.6 is 0 Å². The average Bonchev–Trinajstić information content (AvgIpc) is 3.06. The number of aromatic nitrogens is 3. The van der Waals surface area contributed by atoms with Crippen molar-refractivity contribution in [2.45, 2.75) is 25.7 Å². The van der Waals surface area contributed by atoms with Gasteiger partial charge in [-0.15, -0.1) is 10.2 Å². The number of hydrogen-bond donors (Lipinski definition) is 1. The van der Waals surface area contributed by atoms with Crippen molar-refractivity contribution >= 4 is 15.7 Å². The maximum Gasteiger partial charge on any atom is 0.264 e. The zero-order chi connectivity index (χ0) is 18.4. The maximum atomic E-state index is 13.0. The Balaban J connectivity index is 2.15. The largest absolute Gasteiger partial charge is 0.421 e. The van der Waals surface area contributed by atoms with Crippen LogP contribution in [0, 0.1) is 26.6 Å². The number of nitrogens with zero attached hydrogens (tertiary/aromatic N) is 3. The Labute approximate surface area is 144 Å². The lowest BCUT2D eigenvalue weighted by atomic mass is 10.2. The van der Waals surface area contributed by atoms with Gasteiger partial charge in [0.25, 0.3) is 15.9 Å². The SMILES string of the molecule is Cc1nnc(-c2c(S(=O)(=O)Nc3ccc(F)cc3)c(C)n(C)c2C)o1. The summed E-state index contributed by atoms with van der Waals surface area (Å²) in [6.45, 7) is 5.10. The van der Waals surface area contributed by atoms with Crippen LogP contribution in [0.15, 0.2) is 33.6 Å². The number of sulfonamides is 1. The molecule has 9 heteroatoms. The number of benzene rings is 1. The van der Waals surface area contributed by atoms with Crippen LogP contribution in [-0.4, -0.2) is 23.2 Å². The van der Waals surface area contributed by atoms with E-state index >= 15 is 0 Å². The number of rotatable bonds is 4. The van der Waals surface area contributed by atoms with Crippen molar-refractivity contribution in [2.24, 2.45) is 7.05 Å². The quantitative estimate of drug-likeness (QED) is 0.769. The van der Waals surface area contributed by atoms with E-state index in [1.54, 1.807) is 32.4 Å². The average molecular weight is 364 g/mol. The monoisotopic (exact) mass is 364 g/mol. The minimum atomic E-state index is -3.95. The second kappa shape index (κ2) is 5.99. The van der Waals surface area contributed by atoms with Gasteiger partial charge in [-0.05, 0) is 38.1 Å². The summed E-state index contributed by atoms with van der Waals surface area (Å²) in [6, 6.07) is 5.08. The van der Waals surface area contributed by atoms with Gasteiger partial charge in [0.15, 0.2) is 0 Å². The zero-order valence-electron chi connectivity index (χ0n) is 14.2. The first kappa shape index (κ1) is 17.2. The number of halogens is 1. The molecular weight excluding hydrogens is 347 g/mol. The minimum absolute atomic E-state index is 0.0560. The summed E-state index contributed by atoms with van der Waals surface area (Å²) >= 11 is 0. The molecule has 2 aromatic heterocycles. The lowest BCUT2D eigenvalue weighted by Crippen LogP contribution is -2.14. The summed E-state index contributed by atoms with van der Waals surface area (Å²) in [5.74, 6) is 0.0284. The number of hydrogen-bond acceptors (Lipinski definition) is 5. The predicted octanol–water partition coefficient (Wildman–Crippen LogP) is 2.94. The Bertz CT molecular complexity index is 1040. The third kappa shape index (κ3) is 3.02. The molecule has 132 valence electrons. The Morgan fingerprint density at radius 1 is 1.08 bits per heavy atom. The van der Waals surface area contributed by atoms with Crippen LogP contribution in [0.5, 0.6) is 0 Å². The normalized spacial score (nSPS) is 11.7. The van der Waals surface area contributed by atoms with Gasteiger partial charge < -0.3 is 8.98 Å². The van der Waals surface area contributed by atoms with Crippen LogP contribution in [0.4, 0.5) is 10.1 Å². The van der Waals surface area contributed by atoms with Gasteiger partial charge in [0.1, 0.15) is 10.7 Å². The summed E-state index contributed by atoms with van der Waals surface area (Å²) in [6.07, 6.45) is 0. The molecule has 3 aromatic rings. The van der Waals surface area contributed by atoms with Crippen molar-refractivity contribution in [3.8, 4) is 11.5 Å². The molecule has 0 aliphatic carbocycles. The van der Waals surface area contributed by atoms with Gasteiger partial charge in [-0.2, -0.15) is 0 Å². The highest BCUT2D eigenvalue weighted by atomic mass is 32.2. The molecular formula is C16H17FN4O3S. The second-order valence-electron chi connectivity index (χ2n) is 5.67. The van der Waals surface area contributed by atoms with Crippen molar-refractivity contribution in [3.05, 3.63) is 47.4 Å². The van der Waals surface area contributed by atoms with E-state index in [0.29, 0.717) is 22.8 Å². The van der Waals surface area contributed by atoms with Crippen LogP contribution in [0.3, 0.4) is 0 Å². The van der Waals surface area contributed by atoms with E-state index in [0.717, 1.165) is 0 Å². The van der Waals surface area contributed by atoms with Gasteiger partial charge in [-0.3, -0.25) is 4.72 Å². The summed E-state index contributed by atoms with van der Waals surface area (Å²) in [7, 11) is -2.19. The fraction of sp³-hybridized carbons (Fsp3) is 0.250. The molecule has 0 radical (unpaired) electrons. The summed E-state index contributed by atoms with van der Waals surface area (Å²) in [5.41, 5.74) is 1.82. The third-order valence-electron chi connectivity index (χ3n) is 4.03. The number of anilines is 1. The molecule has 0 aliphatic rings. The Morgan fingerprint density at radius 3 is 2.28 bits per heavy atom. The standard InChI is InChI=1S/C16H17FN4O3S/c1-9-14(16-19-18-11(3)24-16)15(10(2)21(9)4)25(22,23)20-13-7-5-12(17)6-8-13/h5-8,20H,1-4H3. The van der Waals surface area contributed by atoms with Crippen LogP contribution in [0.1, 0.15) is 17.3 Å². The predicted molar refractivity (Wildman–Crippen MR) is 90.1 cm³/mol. The molecule has 25 heavy (non-hydrogen) atoms.